The number of aliphatic hydroxyl groups is 2. The molecule has 0 fully saturated rings. The summed E-state index contributed by atoms with van der Waals surface area (Å²) in [6.45, 7) is 3.39. The van der Waals surface area contributed by atoms with E-state index in [9.17, 15) is 0 Å². The van der Waals surface area contributed by atoms with Gasteiger partial charge in [0.25, 0.3) is 0 Å². The standard InChI is InChI=1S/C7H15NO2/c1-3-6(4-9)7(8)5(2)10/h5-6,8-10H,3-4H2,1-2H3/t5?,6-/m0/s1. The van der Waals surface area contributed by atoms with E-state index in [-0.39, 0.29) is 18.2 Å². The minimum atomic E-state index is -0.725. The summed E-state index contributed by atoms with van der Waals surface area (Å²) in [6, 6.07) is 0. The summed E-state index contributed by atoms with van der Waals surface area (Å²) in [5.41, 5.74) is 0.227. The largest absolute Gasteiger partial charge is 0.396 e. The van der Waals surface area contributed by atoms with Crippen molar-refractivity contribution in [1.29, 1.82) is 5.41 Å². The summed E-state index contributed by atoms with van der Waals surface area (Å²) in [4.78, 5) is 0. The van der Waals surface area contributed by atoms with Crippen LogP contribution < -0.4 is 0 Å². The molecule has 0 bridgehead atoms. The van der Waals surface area contributed by atoms with Crippen LogP contribution in [0.1, 0.15) is 20.3 Å². The zero-order valence-corrected chi connectivity index (χ0v) is 6.46. The molecule has 0 aromatic carbocycles. The quantitative estimate of drug-likeness (QED) is 0.501. The highest BCUT2D eigenvalue weighted by atomic mass is 16.3. The van der Waals surface area contributed by atoms with Gasteiger partial charge in [0.1, 0.15) is 0 Å². The van der Waals surface area contributed by atoms with Gasteiger partial charge in [-0.05, 0) is 13.3 Å². The monoisotopic (exact) mass is 145 g/mol. The van der Waals surface area contributed by atoms with Crippen molar-refractivity contribution in [1.82, 2.24) is 0 Å². The summed E-state index contributed by atoms with van der Waals surface area (Å²) in [5, 5.41) is 24.9. The molecular weight excluding hydrogens is 130 g/mol. The first-order chi connectivity index (χ1) is 4.63. The van der Waals surface area contributed by atoms with E-state index in [1.807, 2.05) is 6.92 Å². The van der Waals surface area contributed by atoms with Gasteiger partial charge in [-0.3, -0.25) is 0 Å². The molecule has 0 spiro atoms. The van der Waals surface area contributed by atoms with Gasteiger partial charge >= 0.3 is 0 Å². The lowest BCUT2D eigenvalue weighted by molar-refractivity contribution is 0.224. The molecule has 0 rings (SSSR count). The lowest BCUT2D eigenvalue weighted by Gasteiger charge is -2.14. The second kappa shape index (κ2) is 4.41. The highest BCUT2D eigenvalue weighted by molar-refractivity contribution is 5.87. The van der Waals surface area contributed by atoms with Crippen LogP contribution in [0.2, 0.25) is 0 Å². The molecule has 0 aliphatic rings. The molecule has 3 nitrogen and oxygen atoms in total. The van der Waals surface area contributed by atoms with Crippen molar-refractivity contribution in [2.75, 3.05) is 6.61 Å². The number of hydrogen-bond acceptors (Lipinski definition) is 3. The summed E-state index contributed by atoms with van der Waals surface area (Å²) >= 11 is 0. The van der Waals surface area contributed by atoms with E-state index >= 15 is 0 Å². The Morgan fingerprint density at radius 1 is 1.60 bits per heavy atom. The van der Waals surface area contributed by atoms with Gasteiger partial charge < -0.3 is 15.6 Å². The molecule has 0 radical (unpaired) electrons. The van der Waals surface area contributed by atoms with Crippen molar-refractivity contribution in [3.63, 3.8) is 0 Å². The molecule has 0 aromatic rings. The van der Waals surface area contributed by atoms with Crippen LogP contribution in [0, 0.1) is 11.3 Å². The first-order valence-corrected chi connectivity index (χ1v) is 3.50. The molecule has 3 N–H and O–H groups in total. The van der Waals surface area contributed by atoms with Gasteiger partial charge in [0.05, 0.1) is 12.7 Å². The summed E-state index contributed by atoms with van der Waals surface area (Å²) in [5.74, 6) is -0.167. The van der Waals surface area contributed by atoms with Crippen molar-refractivity contribution < 1.29 is 10.2 Å². The van der Waals surface area contributed by atoms with Crippen LogP contribution >= 0.6 is 0 Å². The second-order valence-corrected chi connectivity index (χ2v) is 2.42. The fourth-order valence-electron chi connectivity index (χ4n) is 0.788. The molecule has 0 aliphatic heterocycles. The van der Waals surface area contributed by atoms with Crippen molar-refractivity contribution in [3.05, 3.63) is 0 Å². The van der Waals surface area contributed by atoms with E-state index in [2.05, 4.69) is 0 Å². The predicted molar refractivity (Wildman–Crippen MR) is 40.3 cm³/mol. The van der Waals surface area contributed by atoms with Gasteiger partial charge in [-0.2, -0.15) is 0 Å². The summed E-state index contributed by atoms with van der Waals surface area (Å²) < 4.78 is 0. The average molecular weight is 145 g/mol. The lowest BCUT2D eigenvalue weighted by atomic mass is 9.98. The molecule has 10 heavy (non-hydrogen) atoms. The maximum atomic E-state index is 8.92. The molecule has 0 saturated heterocycles. The van der Waals surface area contributed by atoms with Gasteiger partial charge in [-0.1, -0.05) is 6.92 Å². The third kappa shape index (κ3) is 2.45. The highest BCUT2D eigenvalue weighted by Gasteiger charge is 2.14. The Labute approximate surface area is 61.2 Å². The highest BCUT2D eigenvalue weighted by Crippen LogP contribution is 2.05. The van der Waals surface area contributed by atoms with Crippen LogP contribution in [0.5, 0.6) is 0 Å². The third-order valence-electron chi connectivity index (χ3n) is 1.60. The molecule has 2 atom stereocenters. The van der Waals surface area contributed by atoms with E-state index in [1.54, 1.807) is 6.92 Å². The second-order valence-electron chi connectivity index (χ2n) is 2.42. The van der Waals surface area contributed by atoms with Crippen LogP contribution in [0.25, 0.3) is 0 Å². The van der Waals surface area contributed by atoms with Crippen molar-refractivity contribution in [3.8, 4) is 0 Å². The molecule has 0 saturated carbocycles. The molecule has 3 heteroatoms. The Morgan fingerprint density at radius 2 is 2.10 bits per heavy atom. The van der Waals surface area contributed by atoms with Crippen LogP contribution in [0.3, 0.4) is 0 Å². The van der Waals surface area contributed by atoms with Crippen molar-refractivity contribution >= 4 is 5.71 Å². The molecule has 0 aromatic heterocycles. The van der Waals surface area contributed by atoms with Gasteiger partial charge in [0, 0.05) is 11.6 Å². The fourth-order valence-corrected chi connectivity index (χ4v) is 0.788. The third-order valence-corrected chi connectivity index (χ3v) is 1.60. The van der Waals surface area contributed by atoms with E-state index < -0.39 is 6.10 Å². The van der Waals surface area contributed by atoms with Crippen LogP contribution in [-0.4, -0.2) is 28.6 Å². The molecule has 1 unspecified atom stereocenters. The zero-order valence-electron chi connectivity index (χ0n) is 6.46. The first kappa shape index (κ1) is 9.59. The minimum absolute atomic E-state index is 0.0414. The smallest absolute Gasteiger partial charge is 0.0889 e. The first-order valence-electron chi connectivity index (χ1n) is 3.50. The Balaban J connectivity index is 3.89. The number of aliphatic hydroxyl groups excluding tert-OH is 2. The maximum absolute atomic E-state index is 8.92. The number of hydrogen-bond donors (Lipinski definition) is 3. The van der Waals surface area contributed by atoms with E-state index in [1.165, 1.54) is 0 Å². The summed E-state index contributed by atoms with van der Waals surface area (Å²) in [6.07, 6.45) is -0.0163. The molecule has 0 amide bonds. The SMILES string of the molecule is CC[C@@H](CO)C(=N)C(C)O. The topological polar surface area (TPSA) is 64.3 Å². The van der Waals surface area contributed by atoms with Crippen LogP contribution in [-0.2, 0) is 0 Å². The zero-order chi connectivity index (χ0) is 8.15. The molecular formula is C7H15NO2. The average Bonchev–Trinajstić information content (AvgIpc) is 1.90. The van der Waals surface area contributed by atoms with E-state index in [0.717, 1.165) is 0 Å². The lowest BCUT2D eigenvalue weighted by Crippen LogP contribution is -2.26. The summed E-state index contributed by atoms with van der Waals surface area (Å²) in [7, 11) is 0. The minimum Gasteiger partial charge on any atom is -0.396 e. The maximum Gasteiger partial charge on any atom is 0.0889 e. The van der Waals surface area contributed by atoms with Crippen LogP contribution in [0.15, 0.2) is 0 Å². The van der Waals surface area contributed by atoms with Crippen molar-refractivity contribution in [2.45, 2.75) is 26.4 Å². The van der Waals surface area contributed by atoms with Crippen molar-refractivity contribution in [2.24, 2.45) is 5.92 Å². The number of rotatable bonds is 4. The van der Waals surface area contributed by atoms with Gasteiger partial charge in [-0.15, -0.1) is 0 Å². The predicted octanol–water partition coefficient (Wildman–Crippen LogP) is 0.405. The molecule has 60 valence electrons. The normalized spacial score (nSPS) is 16.4. The van der Waals surface area contributed by atoms with E-state index in [4.69, 9.17) is 15.6 Å². The Kier molecular flexibility index (Phi) is 4.23. The molecule has 0 aliphatic carbocycles. The number of nitrogens with one attached hydrogen (secondary N) is 1. The Bertz CT molecular complexity index is 108. The van der Waals surface area contributed by atoms with Crippen LogP contribution in [0.4, 0.5) is 0 Å². The van der Waals surface area contributed by atoms with Gasteiger partial charge in [0.15, 0.2) is 0 Å². The Hall–Kier alpha value is -0.410. The fraction of sp³-hybridized carbons (Fsp3) is 0.857. The van der Waals surface area contributed by atoms with Gasteiger partial charge in [0.2, 0.25) is 0 Å². The Morgan fingerprint density at radius 3 is 2.20 bits per heavy atom. The molecule has 0 heterocycles. The van der Waals surface area contributed by atoms with E-state index in [0.29, 0.717) is 6.42 Å². The van der Waals surface area contributed by atoms with Gasteiger partial charge in [-0.25, -0.2) is 0 Å².